The SMILES string of the molecule is C/C=C(C=O)\C(=C/C)C(=O)N(C)c1cccc(N)c1. The highest BCUT2D eigenvalue weighted by atomic mass is 16.2. The van der Waals surface area contributed by atoms with Gasteiger partial charge in [-0.05, 0) is 32.0 Å². The quantitative estimate of drug-likeness (QED) is 0.390. The molecular weight excluding hydrogens is 240 g/mol. The van der Waals surface area contributed by atoms with Gasteiger partial charge in [-0.25, -0.2) is 0 Å². The zero-order valence-corrected chi connectivity index (χ0v) is 11.4. The number of nitrogen functional groups attached to an aromatic ring is 1. The van der Waals surface area contributed by atoms with Crippen LogP contribution in [0.5, 0.6) is 0 Å². The number of anilines is 2. The van der Waals surface area contributed by atoms with Gasteiger partial charge in [0.15, 0.2) is 6.29 Å². The Morgan fingerprint density at radius 3 is 2.42 bits per heavy atom. The molecule has 0 spiro atoms. The smallest absolute Gasteiger partial charge is 0.258 e. The second kappa shape index (κ2) is 6.54. The van der Waals surface area contributed by atoms with Crippen LogP contribution in [0.1, 0.15) is 13.8 Å². The van der Waals surface area contributed by atoms with Crippen molar-refractivity contribution < 1.29 is 9.59 Å². The van der Waals surface area contributed by atoms with Gasteiger partial charge in [-0.15, -0.1) is 0 Å². The Morgan fingerprint density at radius 1 is 1.26 bits per heavy atom. The molecule has 2 N–H and O–H groups in total. The van der Waals surface area contributed by atoms with Crippen molar-refractivity contribution in [2.75, 3.05) is 17.7 Å². The first-order chi connectivity index (χ1) is 9.04. The first kappa shape index (κ1) is 14.7. The minimum Gasteiger partial charge on any atom is -0.399 e. The van der Waals surface area contributed by atoms with Crippen molar-refractivity contribution in [1.29, 1.82) is 0 Å². The van der Waals surface area contributed by atoms with Crippen LogP contribution in [0.15, 0.2) is 47.6 Å². The van der Waals surface area contributed by atoms with Gasteiger partial charge in [-0.3, -0.25) is 9.59 Å². The lowest BCUT2D eigenvalue weighted by atomic mass is 10.1. The molecule has 0 aliphatic carbocycles. The first-order valence-electron chi connectivity index (χ1n) is 5.97. The number of carbonyl (C=O) groups excluding carboxylic acids is 2. The molecule has 1 amide bonds. The molecule has 1 aromatic rings. The van der Waals surface area contributed by atoms with E-state index in [9.17, 15) is 9.59 Å². The third kappa shape index (κ3) is 3.31. The lowest BCUT2D eigenvalue weighted by molar-refractivity contribution is -0.115. The number of nitrogens with two attached hydrogens (primary N) is 1. The number of hydrogen-bond acceptors (Lipinski definition) is 3. The Kier molecular flexibility index (Phi) is 5.06. The van der Waals surface area contributed by atoms with E-state index in [1.807, 2.05) is 0 Å². The summed E-state index contributed by atoms with van der Waals surface area (Å²) >= 11 is 0. The van der Waals surface area contributed by atoms with Crippen LogP contribution in [0.4, 0.5) is 11.4 Å². The number of rotatable bonds is 4. The number of nitrogens with zero attached hydrogens (tertiary/aromatic N) is 1. The third-order valence-corrected chi connectivity index (χ3v) is 2.83. The van der Waals surface area contributed by atoms with Crippen molar-refractivity contribution in [2.45, 2.75) is 13.8 Å². The molecule has 0 aliphatic heterocycles. The fourth-order valence-corrected chi connectivity index (χ4v) is 1.73. The van der Waals surface area contributed by atoms with E-state index in [4.69, 9.17) is 5.73 Å². The Hall–Kier alpha value is -2.36. The number of aldehydes is 1. The molecule has 0 unspecified atom stereocenters. The van der Waals surface area contributed by atoms with Crippen LogP contribution < -0.4 is 10.6 Å². The number of allylic oxidation sites excluding steroid dienone is 2. The van der Waals surface area contributed by atoms with Crippen LogP contribution in [0.25, 0.3) is 0 Å². The third-order valence-electron chi connectivity index (χ3n) is 2.83. The fourth-order valence-electron chi connectivity index (χ4n) is 1.73. The summed E-state index contributed by atoms with van der Waals surface area (Å²) in [6.07, 6.45) is 3.93. The molecule has 4 heteroatoms. The molecule has 19 heavy (non-hydrogen) atoms. The highest BCUT2D eigenvalue weighted by Crippen LogP contribution is 2.20. The van der Waals surface area contributed by atoms with Gasteiger partial charge < -0.3 is 10.6 Å². The second-order valence-corrected chi connectivity index (χ2v) is 4.02. The Labute approximate surface area is 113 Å². The molecule has 0 saturated carbocycles. The number of likely N-dealkylation sites (N-methyl/N-ethyl adjacent to an activating group) is 1. The zero-order valence-electron chi connectivity index (χ0n) is 11.4. The van der Waals surface area contributed by atoms with Crippen molar-refractivity contribution >= 4 is 23.6 Å². The highest BCUT2D eigenvalue weighted by molar-refractivity contribution is 6.12. The van der Waals surface area contributed by atoms with E-state index in [-0.39, 0.29) is 5.91 Å². The van der Waals surface area contributed by atoms with Crippen LogP contribution in [0.2, 0.25) is 0 Å². The molecule has 0 atom stereocenters. The molecule has 0 heterocycles. The largest absolute Gasteiger partial charge is 0.399 e. The van der Waals surface area contributed by atoms with Crippen LogP contribution >= 0.6 is 0 Å². The minimum absolute atomic E-state index is 0.242. The molecule has 0 fully saturated rings. The van der Waals surface area contributed by atoms with E-state index in [0.717, 1.165) is 0 Å². The molecular formula is C15H18N2O2. The predicted molar refractivity (Wildman–Crippen MR) is 77.8 cm³/mol. The van der Waals surface area contributed by atoms with Crippen molar-refractivity contribution in [3.63, 3.8) is 0 Å². The van der Waals surface area contributed by atoms with E-state index < -0.39 is 0 Å². The minimum atomic E-state index is -0.242. The molecule has 100 valence electrons. The second-order valence-electron chi connectivity index (χ2n) is 4.02. The van der Waals surface area contributed by atoms with Crippen molar-refractivity contribution in [3.05, 3.63) is 47.6 Å². The molecule has 4 nitrogen and oxygen atoms in total. The molecule has 0 saturated heterocycles. The fraction of sp³-hybridized carbons (Fsp3) is 0.200. The summed E-state index contributed by atoms with van der Waals surface area (Å²) in [6.45, 7) is 3.45. The average Bonchev–Trinajstić information content (AvgIpc) is 2.43. The molecule has 0 aromatic heterocycles. The Morgan fingerprint density at radius 2 is 1.95 bits per heavy atom. The normalized spacial score (nSPS) is 12.2. The summed E-state index contributed by atoms with van der Waals surface area (Å²) < 4.78 is 0. The monoisotopic (exact) mass is 258 g/mol. The van der Waals surface area contributed by atoms with E-state index in [2.05, 4.69) is 0 Å². The topological polar surface area (TPSA) is 63.4 Å². The summed E-state index contributed by atoms with van der Waals surface area (Å²) in [5, 5.41) is 0. The highest BCUT2D eigenvalue weighted by Gasteiger charge is 2.18. The predicted octanol–water partition coefficient (Wildman–Crippen LogP) is 2.32. The van der Waals surface area contributed by atoms with Crippen LogP contribution in [-0.4, -0.2) is 19.2 Å². The number of hydrogen-bond donors (Lipinski definition) is 1. The van der Waals surface area contributed by atoms with E-state index in [0.29, 0.717) is 28.8 Å². The van der Waals surface area contributed by atoms with Gasteiger partial charge in [-0.1, -0.05) is 18.2 Å². The molecule has 0 bridgehead atoms. The summed E-state index contributed by atoms with van der Waals surface area (Å²) in [7, 11) is 1.65. The van der Waals surface area contributed by atoms with Crippen LogP contribution in [0, 0.1) is 0 Å². The summed E-state index contributed by atoms with van der Waals surface area (Å²) in [6, 6.07) is 7.03. The van der Waals surface area contributed by atoms with Gasteiger partial charge in [0.05, 0.1) is 0 Å². The standard InChI is InChI=1S/C15H18N2O2/c1-4-11(10-18)14(5-2)15(19)17(3)13-8-6-7-12(16)9-13/h4-10H,16H2,1-3H3/b11-4-,14-5+. The van der Waals surface area contributed by atoms with Crippen LogP contribution in [0.3, 0.4) is 0 Å². The van der Waals surface area contributed by atoms with Crippen LogP contribution in [-0.2, 0) is 9.59 Å². The van der Waals surface area contributed by atoms with Gasteiger partial charge in [0.25, 0.3) is 5.91 Å². The van der Waals surface area contributed by atoms with Gasteiger partial charge in [0.1, 0.15) is 0 Å². The van der Waals surface area contributed by atoms with Gasteiger partial charge in [0.2, 0.25) is 0 Å². The van der Waals surface area contributed by atoms with E-state index in [1.165, 1.54) is 4.90 Å². The van der Waals surface area contributed by atoms with E-state index in [1.54, 1.807) is 57.3 Å². The molecule has 0 radical (unpaired) electrons. The summed E-state index contributed by atoms with van der Waals surface area (Å²) in [4.78, 5) is 24.8. The lowest BCUT2D eigenvalue weighted by Gasteiger charge is -2.19. The lowest BCUT2D eigenvalue weighted by Crippen LogP contribution is -2.28. The number of benzene rings is 1. The maximum absolute atomic E-state index is 12.4. The maximum Gasteiger partial charge on any atom is 0.258 e. The Balaban J connectivity index is 3.09. The maximum atomic E-state index is 12.4. The first-order valence-corrected chi connectivity index (χ1v) is 5.97. The average molecular weight is 258 g/mol. The molecule has 1 rings (SSSR count). The number of amides is 1. The van der Waals surface area contributed by atoms with Gasteiger partial charge in [-0.2, -0.15) is 0 Å². The zero-order chi connectivity index (χ0) is 14.4. The van der Waals surface area contributed by atoms with Crippen molar-refractivity contribution in [3.8, 4) is 0 Å². The summed E-state index contributed by atoms with van der Waals surface area (Å²) in [5.74, 6) is -0.242. The van der Waals surface area contributed by atoms with Gasteiger partial charge in [0, 0.05) is 29.6 Å². The van der Waals surface area contributed by atoms with Crippen molar-refractivity contribution in [1.82, 2.24) is 0 Å². The van der Waals surface area contributed by atoms with E-state index >= 15 is 0 Å². The Bertz CT molecular complexity index is 545. The number of carbonyl (C=O) groups is 2. The molecule has 0 aliphatic rings. The van der Waals surface area contributed by atoms with Crippen molar-refractivity contribution in [2.24, 2.45) is 0 Å². The molecule has 1 aromatic carbocycles. The van der Waals surface area contributed by atoms with Gasteiger partial charge >= 0.3 is 0 Å². The summed E-state index contributed by atoms with van der Waals surface area (Å²) in [5.41, 5.74) is 7.72.